The van der Waals surface area contributed by atoms with Crippen LogP contribution in [0.3, 0.4) is 0 Å². The molecule has 1 aliphatic heterocycles. The third kappa shape index (κ3) is 5.84. The Hall–Kier alpha value is -6.13. The molecular weight excluding hydrogens is 612 g/mol. The largest absolute Gasteiger partial charge is 0.457 e. The maximum atomic E-state index is 13.6. The first kappa shape index (κ1) is 29.9. The molecule has 0 radical (unpaired) electrons. The zero-order chi connectivity index (χ0) is 32.4. The number of halogens is 1. The number of fused-ring (bicyclic) bond motifs is 1. The van der Waals surface area contributed by atoms with Crippen LogP contribution in [0.1, 0.15) is 53.1 Å². The van der Waals surface area contributed by atoms with Crippen LogP contribution in [0.2, 0.25) is 5.02 Å². The quantitative estimate of drug-likeness (QED) is 0.0533. The monoisotopic (exact) mass is 632 g/mol. The van der Waals surface area contributed by atoms with Crippen LogP contribution in [-0.4, -0.2) is 28.5 Å². The number of nitro benzene ring substituents is 1. The van der Waals surface area contributed by atoms with Crippen molar-refractivity contribution in [2.75, 3.05) is 4.90 Å². The molecule has 0 N–H and O–H groups in total. The summed E-state index contributed by atoms with van der Waals surface area (Å²) < 4.78 is 11.6. The van der Waals surface area contributed by atoms with Crippen molar-refractivity contribution in [3.8, 4) is 11.5 Å². The van der Waals surface area contributed by atoms with Gasteiger partial charge in [0.05, 0.1) is 27.3 Å². The third-order valence-electron chi connectivity index (χ3n) is 7.19. The molecule has 11 heteroatoms. The van der Waals surface area contributed by atoms with E-state index in [1.807, 2.05) is 0 Å². The first-order valence-electron chi connectivity index (χ1n) is 13.8. The van der Waals surface area contributed by atoms with Gasteiger partial charge in [0, 0.05) is 28.3 Å². The number of carbonyl (C=O) groups excluding carboxylic acids is 4. The number of carbonyl (C=O) groups is 4. The van der Waals surface area contributed by atoms with Crippen molar-refractivity contribution in [1.82, 2.24) is 0 Å². The molecule has 1 aliphatic rings. The summed E-state index contributed by atoms with van der Waals surface area (Å²) in [7, 11) is 0. The van der Waals surface area contributed by atoms with E-state index >= 15 is 0 Å². The van der Waals surface area contributed by atoms with Gasteiger partial charge in [-0.2, -0.15) is 0 Å². The summed E-state index contributed by atoms with van der Waals surface area (Å²) in [5.74, 6) is -2.16. The molecule has 10 nitrogen and oxygen atoms in total. The Morgan fingerprint density at radius 1 is 0.761 bits per heavy atom. The van der Waals surface area contributed by atoms with Gasteiger partial charge in [0.1, 0.15) is 11.5 Å². The van der Waals surface area contributed by atoms with Crippen LogP contribution in [0.5, 0.6) is 11.5 Å². The molecule has 5 aromatic rings. The number of imide groups is 1. The fourth-order valence-electron chi connectivity index (χ4n) is 4.95. The van der Waals surface area contributed by atoms with Crippen molar-refractivity contribution in [2.24, 2.45) is 0 Å². The number of amides is 2. The van der Waals surface area contributed by atoms with Gasteiger partial charge in [0.25, 0.3) is 17.5 Å². The fourth-order valence-corrected chi connectivity index (χ4v) is 5.07. The molecule has 2 amide bonds. The Kier molecular flexibility index (Phi) is 8.11. The summed E-state index contributed by atoms with van der Waals surface area (Å²) in [6.45, 7) is 0. The Balaban J connectivity index is 1.28. The number of non-ortho nitro benzene ring substituents is 1. The number of hydrogen-bond acceptors (Lipinski definition) is 8. The van der Waals surface area contributed by atoms with Gasteiger partial charge in [-0.3, -0.25) is 24.5 Å². The smallest absolute Gasteiger partial charge is 0.339 e. The van der Waals surface area contributed by atoms with Crippen molar-refractivity contribution < 1.29 is 33.6 Å². The van der Waals surface area contributed by atoms with Crippen molar-refractivity contribution >= 4 is 46.5 Å². The van der Waals surface area contributed by atoms with Crippen molar-refractivity contribution in [1.29, 1.82) is 0 Å². The third-order valence-corrected chi connectivity index (χ3v) is 7.44. The highest BCUT2D eigenvalue weighted by Gasteiger charge is 2.39. The average Bonchev–Trinajstić information content (AvgIpc) is 3.34. The highest BCUT2D eigenvalue weighted by Crippen LogP contribution is 2.37. The molecule has 6 rings (SSSR count). The summed E-state index contributed by atoms with van der Waals surface area (Å²) >= 11 is 5.96. The molecule has 46 heavy (non-hydrogen) atoms. The molecule has 0 fully saturated rings. The Morgan fingerprint density at radius 2 is 1.43 bits per heavy atom. The number of Topliss-reactive ketones (excluding diaryl/α,β-unsaturated/α-hetero) is 1. The summed E-state index contributed by atoms with van der Waals surface area (Å²) in [6.07, 6.45) is -1.44. The van der Waals surface area contributed by atoms with Gasteiger partial charge in [-0.25, -0.2) is 9.69 Å². The van der Waals surface area contributed by atoms with Gasteiger partial charge in [0.15, 0.2) is 6.10 Å². The zero-order valence-electron chi connectivity index (χ0n) is 23.7. The van der Waals surface area contributed by atoms with E-state index in [1.165, 1.54) is 54.6 Å². The van der Waals surface area contributed by atoms with Crippen LogP contribution in [0, 0.1) is 10.1 Å². The first-order valence-corrected chi connectivity index (χ1v) is 14.2. The van der Waals surface area contributed by atoms with Gasteiger partial charge < -0.3 is 9.47 Å². The molecule has 1 atom stereocenters. The number of ether oxygens (including phenoxy) is 2. The Labute approximate surface area is 266 Å². The van der Waals surface area contributed by atoms with Crippen LogP contribution in [-0.2, 0) is 4.74 Å². The van der Waals surface area contributed by atoms with Crippen LogP contribution >= 0.6 is 11.6 Å². The molecule has 0 unspecified atom stereocenters. The standard InChI is InChI=1S/C35H21ClN2O8/c36-24-14-18-27(19-15-24)45-29-11-5-10-28-30(29)34(41)37(33(28)40)26-9-4-8-23(20-26)35(42)46-32(31(39)21-6-2-1-3-7-21)22-12-16-25(17-13-22)38(43)44/h1-20,32H/t32-/m0/s1. The second-order valence-corrected chi connectivity index (χ2v) is 10.5. The van der Waals surface area contributed by atoms with E-state index in [0.29, 0.717) is 10.8 Å². The van der Waals surface area contributed by atoms with E-state index in [9.17, 15) is 29.3 Å². The molecule has 0 spiro atoms. The number of rotatable bonds is 9. The lowest BCUT2D eigenvalue weighted by atomic mass is 9.99. The molecular formula is C35H21ClN2O8. The van der Waals surface area contributed by atoms with Crippen molar-refractivity contribution in [2.45, 2.75) is 6.10 Å². The van der Waals surface area contributed by atoms with E-state index in [4.69, 9.17) is 21.1 Å². The molecule has 0 saturated heterocycles. The zero-order valence-corrected chi connectivity index (χ0v) is 24.4. The Morgan fingerprint density at radius 3 is 2.13 bits per heavy atom. The summed E-state index contributed by atoms with van der Waals surface area (Å²) in [6, 6.07) is 30.1. The topological polar surface area (TPSA) is 133 Å². The van der Waals surface area contributed by atoms with E-state index in [0.717, 1.165) is 4.90 Å². The molecule has 0 aliphatic carbocycles. The lowest BCUT2D eigenvalue weighted by Gasteiger charge is -2.19. The van der Waals surface area contributed by atoms with E-state index in [1.54, 1.807) is 66.7 Å². The summed E-state index contributed by atoms with van der Waals surface area (Å²) in [5, 5.41) is 11.7. The number of ketones is 1. The molecule has 0 saturated carbocycles. The number of esters is 1. The molecule has 0 bridgehead atoms. The summed E-state index contributed by atoms with van der Waals surface area (Å²) in [4.78, 5) is 65.5. The minimum Gasteiger partial charge on any atom is -0.457 e. The highest BCUT2D eigenvalue weighted by atomic mass is 35.5. The van der Waals surface area contributed by atoms with Gasteiger partial charge in [-0.15, -0.1) is 0 Å². The lowest BCUT2D eigenvalue weighted by Crippen LogP contribution is -2.29. The van der Waals surface area contributed by atoms with Gasteiger partial charge >= 0.3 is 5.97 Å². The fraction of sp³-hybridized carbons (Fsp3) is 0.0286. The number of hydrogen-bond donors (Lipinski definition) is 0. The van der Waals surface area contributed by atoms with E-state index in [2.05, 4.69) is 0 Å². The molecule has 1 heterocycles. The Bertz CT molecular complexity index is 2010. The van der Waals surface area contributed by atoms with Crippen LogP contribution in [0.25, 0.3) is 0 Å². The van der Waals surface area contributed by atoms with Crippen LogP contribution in [0.15, 0.2) is 121 Å². The van der Waals surface area contributed by atoms with Gasteiger partial charge in [-0.05, 0) is 66.7 Å². The number of nitro groups is 1. The van der Waals surface area contributed by atoms with E-state index in [-0.39, 0.29) is 44.9 Å². The van der Waals surface area contributed by atoms with E-state index < -0.39 is 34.6 Å². The highest BCUT2D eigenvalue weighted by molar-refractivity contribution is 6.35. The number of nitrogens with zero attached hydrogens (tertiary/aromatic N) is 2. The average molecular weight is 633 g/mol. The predicted molar refractivity (Wildman–Crippen MR) is 168 cm³/mol. The van der Waals surface area contributed by atoms with Crippen LogP contribution < -0.4 is 9.64 Å². The SMILES string of the molecule is O=C(O[C@H](C(=O)c1ccccc1)c1ccc([N+](=O)[O-])cc1)c1cccc(N2C(=O)c3cccc(Oc4ccc(Cl)cc4)c3C2=O)c1. The predicted octanol–water partition coefficient (Wildman–Crippen LogP) is 7.62. The van der Waals surface area contributed by atoms with Crippen LogP contribution in [0.4, 0.5) is 11.4 Å². The normalized spacial score (nSPS) is 12.8. The molecule has 5 aromatic carbocycles. The lowest BCUT2D eigenvalue weighted by molar-refractivity contribution is -0.384. The molecule has 0 aromatic heterocycles. The second kappa shape index (κ2) is 12.5. The minimum absolute atomic E-state index is 0.0422. The number of anilines is 1. The number of benzene rings is 5. The molecule has 226 valence electrons. The maximum Gasteiger partial charge on any atom is 0.339 e. The summed E-state index contributed by atoms with van der Waals surface area (Å²) in [5.41, 5.74) is 0.515. The maximum absolute atomic E-state index is 13.6. The van der Waals surface area contributed by atoms with Crippen molar-refractivity contribution in [3.05, 3.63) is 164 Å². The first-order chi connectivity index (χ1) is 22.2. The minimum atomic E-state index is -1.44. The van der Waals surface area contributed by atoms with Crippen molar-refractivity contribution in [3.63, 3.8) is 0 Å². The van der Waals surface area contributed by atoms with Gasteiger partial charge in [0.2, 0.25) is 5.78 Å². The van der Waals surface area contributed by atoms with Gasteiger partial charge in [-0.1, -0.05) is 54.1 Å². The second-order valence-electron chi connectivity index (χ2n) is 10.1.